The number of ether oxygens (including phenoxy) is 1. The molecule has 0 spiro atoms. The van der Waals surface area contributed by atoms with Crippen LogP contribution in [0.4, 0.5) is 0 Å². The van der Waals surface area contributed by atoms with Gasteiger partial charge in [0.25, 0.3) is 0 Å². The summed E-state index contributed by atoms with van der Waals surface area (Å²) in [5.41, 5.74) is 2.33. The van der Waals surface area contributed by atoms with Crippen molar-refractivity contribution in [1.82, 2.24) is 15.4 Å². The molecule has 0 amide bonds. The minimum absolute atomic E-state index is 0. The molecule has 25 heavy (non-hydrogen) atoms. The third-order valence-electron chi connectivity index (χ3n) is 3.47. The summed E-state index contributed by atoms with van der Waals surface area (Å²) in [6.07, 6.45) is 0.800. The highest BCUT2D eigenvalue weighted by Gasteiger charge is 2.06. The molecule has 0 fully saturated rings. The Hall–Kier alpha value is -1.07. The molecule has 0 atom stereocenters. The van der Waals surface area contributed by atoms with Crippen LogP contribution in [0, 0.1) is 6.92 Å². The van der Waals surface area contributed by atoms with Crippen molar-refractivity contribution in [2.45, 2.75) is 20.3 Å². The summed E-state index contributed by atoms with van der Waals surface area (Å²) in [6.45, 7) is 5.14. The van der Waals surface area contributed by atoms with Gasteiger partial charge in [0, 0.05) is 26.7 Å². The van der Waals surface area contributed by atoms with Crippen LogP contribution in [0.5, 0.6) is 5.75 Å². The van der Waals surface area contributed by atoms with Gasteiger partial charge >= 0.3 is 0 Å². The Balaban J connectivity index is 0.00000576. The van der Waals surface area contributed by atoms with Gasteiger partial charge in [0.1, 0.15) is 5.75 Å². The van der Waals surface area contributed by atoms with E-state index in [1.165, 1.54) is 5.56 Å². The molecule has 1 aromatic carbocycles. The quantitative estimate of drug-likeness (QED) is 0.213. The van der Waals surface area contributed by atoms with Crippen LogP contribution in [-0.2, 0) is 16.4 Å². The molecule has 7 nitrogen and oxygen atoms in total. The van der Waals surface area contributed by atoms with Gasteiger partial charge in [-0.3, -0.25) is 4.99 Å². The zero-order chi connectivity index (χ0) is 18.0. The van der Waals surface area contributed by atoms with Crippen LogP contribution in [0.1, 0.15) is 18.1 Å². The fourth-order valence-corrected chi connectivity index (χ4v) is 2.75. The van der Waals surface area contributed by atoms with Gasteiger partial charge in [-0.1, -0.05) is 17.7 Å². The minimum atomic E-state index is -3.15. The minimum Gasteiger partial charge on any atom is -0.496 e. The molecule has 0 radical (unpaired) electrons. The zero-order valence-corrected chi connectivity index (χ0v) is 18.4. The molecule has 0 aliphatic carbocycles. The van der Waals surface area contributed by atoms with E-state index >= 15 is 0 Å². The number of benzene rings is 1. The fraction of sp³-hybridized carbons (Fsp3) is 0.562. The number of aryl methyl sites for hydroxylation is 1. The van der Waals surface area contributed by atoms with Crippen molar-refractivity contribution in [2.75, 3.05) is 39.5 Å². The standard InChI is InChI=1S/C16H28N4O3S.HI/c1-5-24(21,22)20-11-10-19-16(17-3)18-9-8-14-12-13(2)6-7-15(14)23-4;/h6-7,12,20H,5,8-11H2,1-4H3,(H2,17,18,19);1H. The molecule has 0 saturated carbocycles. The van der Waals surface area contributed by atoms with Crippen molar-refractivity contribution in [1.29, 1.82) is 0 Å². The van der Waals surface area contributed by atoms with E-state index in [-0.39, 0.29) is 29.7 Å². The first kappa shape index (κ1) is 23.9. The smallest absolute Gasteiger partial charge is 0.211 e. The first-order chi connectivity index (χ1) is 11.4. The molecule has 1 aromatic rings. The summed E-state index contributed by atoms with van der Waals surface area (Å²) in [5, 5.41) is 6.28. The Morgan fingerprint density at radius 2 is 1.88 bits per heavy atom. The van der Waals surface area contributed by atoms with Crippen molar-refractivity contribution in [3.8, 4) is 5.75 Å². The second-order valence-corrected chi connectivity index (χ2v) is 7.38. The maximum absolute atomic E-state index is 11.3. The number of aliphatic imine (C=N–C) groups is 1. The summed E-state index contributed by atoms with van der Waals surface area (Å²) in [7, 11) is 0.192. The molecule has 0 aliphatic rings. The number of nitrogens with zero attached hydrogens (tertiary/aromatic N) is 1. The van der Waals surface area contributed by atoms with Crippen LogP contribution in [-0.4, -0.2) is 53.9 Å². The van der Waals surface area contributed by atoms with Crippen molar-refractivity contribution in [3.63, 3.8) is 0 Å². The summed E-state index contributed by atoms with van der Waals surface area (Å²) < 4.78 is 30.5. The lowest BCUT2D eigenvalue weighted by atomic mass is 10.1. The summed E-state index contributed by atoms with van der Waals surface area (Å²) in [6, 6.07) is 6.10. The number of halogens is 1. The molecule has 0 aromatic heterocycles. The number of sulfonamides is 1. The third-order valence-corrected chi connectivity index (χ3v) is 4.87. The normalized spacial score (nSPS) is 11.6. The van der Waals surface area contributed by atoms with Gasteiger partial charge in [-0.05, 0) is 31.9 Å². The molecule has 0 aliphatic heterocycles. The van der Waals surface area contributed by atoms with Gasteiger partial charge in [-0.2, -0.15) is 0 Å². The molecular formula is C16H29IN4O3S. The Morgan fingerprint density at radius 3 is 2.48 bits per heavy atom. The highest BCUT2D eigenvalue weighted by atomic mass is 127. The van der Waals surface area contributed by atoms with E-state index in [1.807, 2.05) is 19.1 Å². The SMILES string of the molecule is CCS(=O)(=O)NCCNC(=NC)NCCc1cc(C)ccc1OC.I. The molecule has 1 rings (SSSR count). The van der Waals surface area contributed by atoms with Gasteiger partial charge < -0.3 is 15.4 Å². The van der Waals surface area contributed by atoms with Gasteiger partial charge in [0.05, 0.1) is 12.9 Å². The number of guanidine groups is 1. The lowest BCUT2D eigenvalue weighted by molar-refractivity contribution is 0.409. The average Bonchev–Trinajstić information content (AvgIpc) is 2.57. The van der Waals surface area contributed by atoms with Gasteiger partial charge in [-0.25, -0.2) is 13.1 Å². The van der Waals surface area contributed by atoms with Crippen LogP contribution in [0.2, 0.25) is 0 Å². The van der Waals surface area contributed by atoms with Crippen LogP contribution < -0.4 is 20.1 Å². The van der Waals surface area contributed by atoms with E-state index in [2.05, 4.69) is 26.4 Å². The number of rotatable bonds is 9. The Labute approximate surface area is 168 Å². The molecule has 3 N–H and O–H groups in total. The number of nitrogens with one attached hydrogen (secondary N) is 3. The molecular weight excluding hydrogens is 455 g/mol. The lowest BCUT2D eigenvalue weighted by Gasteiger charge is -2.13. The molecule has 0 unspecified atom stereocenters. The van der Waals surface area contributed by atoms with Gasteiger partial charge in [0.15, 0.2) is 5.96 Å². The van der Waals surface area contributed by atoms with Gasteiger partial charge in [-0.15, -0.1) is 24.0 Å². The van der Waals surface area contributed by atoms with E-state index in [0.29, 0.717) is 25.6 Å². The highest BCUT2D eigenvalue weighted by Crippen LogP contribution is 2.19. The molecule has 9 heteroatoms. The molecule has 0 heterocycles. The van der Waals surface area contributed by atoms with E-state index in [0.717, 1.165) is 17.7 Å². The van der Waals surface area contributed by atoms with Crippen molar-refractivity contribution >= 4 is 40.0 Å². The summed E-state index contributed by atoms with van der Waals surface area (Å²) >= 11 is 0. The summed E-state index contributed by atoms with van der Waals surface area (Å²) in [5.74, 6) is 1.59. The Bertz CT molecular complexity index is 651. The van der Waals surface area contributed by atoms with Crippen LogP contribution in [0.25, 0.3) is 0 Å². The average molecular weight is 484 g/mol. The van der Waals surface area contributed by atoms with E-state index in [9.17, 15) is 8.42 Å². The second kappa shape index (κ2) is 12.3. The van der Waals surface area contributed by atoms with Crippen LogP contribution in [0.15, 0.2) is 23.2 Å². The van der Waals surface area contributed by atoms with Crippen LogP contribution in [0.3, 0.4) is 0 Å². The van der Waals surface area contributed by atoms with E-state index in [1.54, 1.807) is 21.1 Å². The van der Waals surface area contributed by atoms with E-state index in [4.69, 9.17) is 4.74 Å². The molecule has 0 saturated heterocycles. The topological polar surface area (TPSA) is 91.8 Å². The third kappa shape index (κ3) is 9.26. The first-order valence-corrected chi connectivity index (χ1v) is 9.62. The largest absolute Gasteiger partial charge is 0.496 e. The maximum atomic E-state index is 11.3. The van der Waals surface area contributed by atoms with Crippen molar-refractivity contribution in [2.24, 2.45) is 4.99 Å². The maximum Gasteiger partial charge on any atom is 0.211 e. The molecule has 144 valence electrons. The fourth-order valence-electron chi connectivity index (χ4n) is 2.13. The second-order valence-electron chi connectivity index (χ2n) is 5.29. The highest BCUT2D eigenvalue weighted by molar-refractivity contribution is 14.0. The van der Waals surface area contributed by atoms with Crippen molar-refractivity contribution in [3.05, 3.63) is 29.3 Å². The zero-order valence-electron chi connectivity index (χ0n) is 15.3. The number of methoxy groups -OCH3 is 1. The van der Waals surface area contributed by atoms with Gasteiger partial charge in [0.2, 0.25) is 10.0 Å². The lowest BCUT2D eigenvalue weighted by Crippen LogP contribution is -2.42. The Morgan fingerprint density at radius 1 is 1.20 bits per heavy atom. The van der Waals surface area contributed by atoms with E-state index < -0.39 is 10.0 Å². The monoisotopic (exact) mass is 484 g/mol. The van der Waals surface area contributed by atoms with Crippen LogP contribution >= 0.6 is 24.0 Å². The number of hydrogen-bond donors (Lipinski definition) is 3. The van der Waals surface area contributed by atoms with Crippen molar-refractivity contribution < 1.29 is 13.2 Å². The Kier molecular flexibility index (Phi) is 11.8. The summed E-state index contributed by atoms with van der Waals surface area (Å²) in [4.78, 5) is 4.12. The number of hydrogen-bond acceptors (Lipinski definition) is 4. The first-order valence-electron chi connectivity index (χ1n) is 7.97. The molecule has 0 bridgehead atoms. The predicted octanol–water partition coefficient (Wildman–Crippen LogP) is 1.27. The predicted molar refractivity (Wildman–Crippen MR) is 114 cm³/mol.